The summed E-state index contributed by atoms with van der Waals surface area (Å²) >= 11 is 1.55. The molecule has 0 bridgehead atoms. The Balaban J connectivity index is 1.95. The molecule has 0 aliphatic heterocycles. The highest BCUT2D eigenvalue weighted by Crippen LogP contribution is 2.23. The van der Waals surface area contributed by atoms with Gasteiger partial charge in [-0.05, 0) is 0 Å². The third-order valence-corrected chi connectivity index (χ3v) is 3.47. The molecule has 5 nitrogen and oxygen atoms in total. The Morgan fingerprint density at radius 2 is 2.18 bits per heavy atom. The van der Waals surface area contributed by atoms with Gasteiger partial charge in [-0.25, -0.2) is 4.57 Å². The van der Waals surface area contributed by atoms with Gasteiger partial charge in [0.25, 0.3) is 0 Å². The number of pyridine rings is 1. The number of fused-ring (bicyclic) bond motifs is 1. The molecule has 0 aromatic carbocycles. The van der Waals surface area contributed by atoms with Crippen LogP contribution in [0, 0.1) is 0 Å². The van der Waals surface area contributed by atoms with E-state index in [9.17, 15) is 0 Å². The molecule has 0 unspecified atom stereocenters. The summed E-state index contributed by atoms with van der Waals surface area (Å²) in [6.07, 6.45) is 6.93. The van der Waals surface area contributed by atoms with Crippen molar-refractivity contribution in [2.75, 3.05) is 0 Å². The average Bonchev–Trinajstić information content (AvgIpc) is 2.90. The Kier molecular flexibility index (Phi) is 2.56. The van der Waals surface area contributed by atoms with E-state index in [1.165, 1.54) is 0 Å². The second-order valence-corrected chi connectivity index (χ2v) is 4.75. The standard InChI is InChI=1S/C11H12N5S/c1-2-5-15-6-3-9(4-7-15)10-14-16-8-12-13-11(16)17-10/h3-4,6-8H,2,5H2,1H3/q+1. The molecule has 0 N–H and O–H groups in total. The fourth-order valence-electron chi connectivity index (χ4n) is 1.68. The summed E-state index contributed by atoms with van der Waals surface area (Å²) in [7, 11) is 0. The molecule has 0 amide bonds. The summed E-state index contributed by atoms with van der Waals surface area (Å²) in [4.78, 5) is 0.824. The molecule has 3 aromatic rings. The van der Waals surface area contributed by atoms with Crippen LogP contribution in [0.1, 0.15) is 13.3 Å². The van der Waals surface area contributed by atoms with Crippen molar-refractivity contribution in [2.45, 2.75) is 19.9 Å². The van der Waals surface area contributed by atoms with Crippen molar-refractivity contribution < 1.29 is 4.57 Å². The van der Waals surface area contributed by atoms with Gasteiger partial charge in [0.05, 0.1) is 0 Å². The Labute approximate surface area is 102 Å². The Morgan fingerprint density at radius 3 is 2.88 bits per heavy atom. The van der Waals surface area contributed by atoms with Crippen LogP contribution in [0.3, 0.4) is 0 Å². The van der Waals surface area contributed by atoms with E-state index in [1.54, 1.807) is 22.2 Å². The van der Waals surface area contributed by atoms with Crippen molar-refractivity contribution in [3.63, 3.8) is 0 Å². The molecule has 86 valence electrons. The first-order valence-corrected chi connectivity index (χ1v) is 6.35. The van der Waals surface area contributed by atoms with E-state index in [0.29, 0.717) is 0 Å². The molecular formula is C11H12N5S+. The van der Waals surface area contributed by atoms with Crippen LogP contribution < -0.4 is 4.57 Å². The van der Waals surface area contributed by atoms with Crippen molar-refractivity contribution in [2.24, 2.45) is 0 Å². The summed E-state index contributed by atoms with van der Waals surface area (Å²) < 4.78 is 3.87. The molecule has 0 saturated carbocycles. The molecule has 0 radical (unpaired) electrons. The molecule has 3 heterocycles. The van der Waals surface area contributed by atoms with Gasteiger partial charge in [0.2, 0.25) is 4.96 Å². The minimum Gasteiger partial charge on any atom is -0.205 e. The summed E-state index contributed by atoms with van der Waals surface area (Å²) in [5, 5.41) is 13.2. The van der Waals surface area contributed by atoms with Crippen LogP contribution in [-0.2, 0) is 6.54 Å². The van der Waals surface area contributed by atoms with Crippen LogP contribution in [0.25, 0.3) is 15.5 Å². The number of hydrogen-bond donors (Lipinski definition) is 0. The van der Waals surface area contributed by atoms with Crippen molar-refractivity contribution in [1.82, 2.24) is 19.8 Å². The minimum atomic E-state index is 0.824. The molecule has 3 rings (SSSR count). The lowest BCUT2D eigenvalue weighted by molar-refractivity contribution is -0.696. The summed E-state index contributed by atoms with van der Waals surface area (Å²) in [6.45, 7) is 3.22. The lowest BCUT2D eigenvalue weighted by atomic mass is 10.3. The predicted molar refractivity (Wildman–Crippen MR) is 64.6 cm³/mol. The highest BCUT2D eigenvalue weighted by molar-refractivity contribution is 7.19. The number of aryl methyl sites for hydroxylation is 1. The smallest absolute Gasteiger partial charge is 0.205 e. The number of nitrogens with zero attached hydrogens (tertiary/aromatic N) is 5. The van der Waals surface area contributed by atoms with Gasteiger partial charge < -0.3 is 0 Å². The average molecular weight is 246 g/mol. The Morgan fingerprint density at radius 1 is 1.35 bits per heavy atom. The van der Waals surface area contributed by atoms with Crippen LogP contribution in [0.4, 0.5) is 0 Å². The van der Waals surface area contributed by atoms with Crippen LogP contribution in [0.5, 0.6) is 0 Å². The van der Waals surface area contributed by atoms with E-state index >= 15 is 0 Å². The minimum absolute atomic E-state index is 0.824. The first-order chi connectivity index (χ1) is 8.36. The maximum atomic E-state index is 4.42. The van der Waals surface area contributed by atoms with Crippen LogP contribution in [-0.4, -0.2) is 19.8 Å². The topological polar surface area (TPSA) is 47.0 Å². The fraction of sp³-hybridized carbons (Fsp3) is 0.273. The van der Waals surface area contributed by atoms with Crippen molar-refractivity contribution in [1.29, 1.82) is 0 Å². The molecule has 3 aromatic heterocycles. The van der Waals surface area contributed by atoms with E-state index in [-0.39, 0.29) is 0 Å². The van der Waals surface area contributed by atoms with E-state index < -0.39 is 0 Å². The van der Waals surface area contributed by atoms with E-state index in [4.69, 9.17) is 0 Å². The SMILES string of the molecule is CCC[n+]1ccc(-c2nn3cnnc3s2)cc1. The molecule has 0 spiro atoms. The molecule has 0 fully saturated rings. The highest BCUT2D eigenvalue weighted by atomic mass is 32.1. The van der Waals surface area contributed by atoms with Crippen molar-refractivity contribution >= 4 is 16.3 Å². The second kappa shape index (κ2) is 4.21. The summed E-state index contributed by atoms with van der Waals surface area (Å²) in [5.41, 5.74) is 1.12. The second-order valence-electron chi connectivity index (χ2n) is 3.79. The maximum absolute atomic E-state index is 4.42. The molecule has 0 saturated heterocycles. The lowest BCUT2D eigenvalue weighted by Gasteiger charge is -1.95. The monoisotopic (exact) mass is 246 g/mol. The van der Waals surface area contributed by atoms with Gasteiger partial charge in [-0.15, -0.1) is 10.2 Å². The first kappa shape index (κ1) is 10.3. The Bertz CT molecular complexity index is 596. The van der Waals surface area contributed by atoms with Crippen LogP contribution in [0.15, 0.2) is 30.9 Å². The third kappa shape index (κ3) is 1.91. The quantitative estimate of drug-likeness (QED) is 0.659. The van der Waals surface area contributed by atoms with Gasteiger partial charge >= 0.3 is 0 Å². The van der Waals surface area contributed by atoms with E-state index in [1.807, 2.05) is 0 Å². The normalized spacial score (nSPS) is 11.1. The fourth-order valence-corrected chi connectivity index (χ4v) is 2.51. The van der Waals surface area contributed by atoms with Gasteiger partial charge in [-0.1, -0.05) is 18.3 Å². The lowest BCUT2D eigenvalue weighted by Crippen LogP contribution is -2.31. The largest absolute Gasteiger partial charge is 0.234 e. The van der Waals surface area contributed by atoms with Crippen molar-refractivity contribution in [3.05, 3.63) is 30.9 Å². The maximum Gasteiger partial charge on any atom is 0.234 e. The molecule has 6 heteroatoms. The molecule has 0 aliphatic carbocycles. The zero-order valence-corrected chi connectivity index (χ0v) is 10.3. The zero-order valence-electron chi connectivity index (χ0n) is 9.45. The predicted octanol–water partition coefficient (Wildman–Crippen LogP) is 1.55. The van der Waals surface area contributed by atoms with E-state index in [2.05, 4.69) is 51.3 Å². The molecule has 0 atom stereocenters. The summed E-state index contributed by atoms with van der Waals surface area (Å²) in [6, 6.07) is 4.17. The van der Waals surface area contributed by atoms with Gasteiger partial charge in [0.15, 0.2) is 12.4 Å². The van der Waals surface area contributed by atoms with Crippen molar-refractivity contribution in [3.8, 4) is 10.6 Å². The van der Waals surface area contributed by atoms with Gasteiger partial charge in [0.1, 0.15) is 17.9 Å². The highest BCUT2D eigenvalue weighted by Gasteiger charge is 2.08. The number of hydrogen-bond acceptors (Lipinski definition) is 4. The third-order valence-electron chi connectivity index (χ3n) is 2.51. The molecule has 17 heavy (non-hydrogen) atoms. The summed E-state index contributed by atoms with van der Waals surface area (Å²) in [5.74, 6) is 0. The zero-order chi connectivity index (χ0) is 11.7. The van der Waals surface area contributed by atoms with Crippen LogP contribution in [0.2, 0.25) is 0 Å². The Hall–Kier alpha value is -1.82. The molecular weight excluding hydrogens is 234 g/mol. The van der Waals surface area contributed by atoms with Crippen LogP contribution >= 0.6 is 11.3 Å². The van der Waals surface area contributed by atoms with Gasteiger partial charge in [-0.2, -0.15) is 9.61 Å². The van der Waals surface area contributed by atoms with Gasteiger partial charge in [-0.3, -0.25) is 0 Å². The van der Waals surface area contributed by atoms with Gasteiger partial charge in [0, 0.05) is 24.1 Å². The van der Waals surface area contributed by atoms with E-state index in [0.717, 1.165) is 28.5 Å². The number of aromatic nitrogens is 5. The molecule has 0 aliphatic rings. The number of rotatable bonds is 3. The first-order valence-electron chi connectivity index (χ1n) is 5.53.